The molecule has 1 nitrogen and oxygen atoms in total. The number of quaternary nitrogens is 1. The Hall–Kier alpha value is -3.10. The first-order valence-electron chi connectivity index (χ1n) is 11.4. The average molecular weight is 421 g/mol. The van der Waals surface area contributed by atoms with E-state index >= 15 is 0 Å². The average Bonchev–Trinajstić information content (AvgIpc) is 2.77. The minimum Gasteiger partial charge on any atom is -0.333 e. The fourth-order valence-corrected chi connectivity index (χ4v) is 4.71. The van der Waals surface area contributed by atoms with Crippen LogP contribution in [0.25, 0.3) is 0 Å². The zero-order valence-electron chi connectivity index (χ0n) is 20.4. The first-order valence-corrected chi connectivity index (χ1v) is 11.4. The minimum absolute atomic E-state index is 1.00. The third kappa shape index (κ3) is 5.20. The van der Waals surface area contributed by atoms with Gasteiger partial charge in [0.05, 0.1) is 28.2 Å². The van der Waals surface area contributed by atoms with Crippen molar-refractivity contribution < 1.29 is 4.48 Å². The summed E-state index contributed by atoms with van der Waals surface area (Å²) in [5.74, 6) is 0. The Kier molecular flexibility index (Phi) is 7.38. The SMILES string of the molecule is C[N+](C)(C)C.Cc1ccccc1[B-](c1ccccc1)(c1ccccc1)c1ccccc1C. The van der Waals surface area contributed by atoms with Gasteiger partial charge < -0.3 is 4.48 Å². The number of nitrogens with zero attached hydrogens (tertiary/aromatic N) is 1. The van der Waals surface area contributed by atoms with Crippen LogP contribution in [0.4, 0.5) is 0 Å². The Morgan fingerprint density at radius 3 is 1.03 bits per heavy atom. The number of aryl methyl sites for hydroxylation is 2. The van der Waals surface area contributed by atoms with Gasteiger partial charge in [-0.1, -0.05) is 120 Å². The van der Waals surface area contributed by atoms with Crippen LogP contribution in [0, 0.1) is 13.8 Å². The van der Waals surface area contributed by atoms with E-state index in [9.17, 15) is 0 Å². The predicted molar refractivity (Wildman–Crippen MR) is 143 cm³/mol. The molecule has 4 aromatic carbocycles. The Balaban J connectivity index is 0.000000523. The van der Waals surface area contributed by atoms with Crippen molar-refractivity contribution in [1.29, 1.82) is 0 Å². The van der Waals surface area contributed by atoms with Crippen LogP contribution >= 0.6 is 0 Å². The molecule has 0 aromatic heterocycles. The molecule has 2 heteroatoms. The van der Waals surface area contributed by atoms with Crippen LogP contribution in [0.5, 0.6) is 0 Å². The van der Waals surface area contributed by atoms with Crippen molar-refractivity contribution in [2.45, 2.75) is 13.8 Å². The largest absolute Gasteiger partial charge is 0.333 e. The predicted octanol–water partition coefficient (Wildman–Crippen LogP) is 4.00. The summed E-state index contributed by atoms with van der Waals surface area (Å²) < 4.78 is 1.00. The van der Waals surface area contributed by atoms with Gasteiger partial charge in [0.1, 0.15) is 6.15 Å². The van der Waals surface area contributed by atoms with Crippen LogP contribution in [0.15, 0.2) is 109 Å². The molecule has 0 fully saturated rings. The molecule has 0 saturated heterocycles. The topological polar surface area (TPSA) is 0 Å². The zero-order chi connectivity index (χ0) is 23.2. The van der Waals surface area contributed by atoms with Gasteiger partial charge in [-0.15, -0.1) is 0 Å². The van der Waals surface area contributed by atoms with Crippen LogP contribution < -0.4 is 21.9 Å². The summed E-state index contributed by atoms with van der Waals surface area (Å²) in [6.07, 6.45) is -1.27. The Bertz CT molecular complexity index is 1040. The molecule has 4 aromatic rings. The fraction of sp³-hybridized carbons (Fsp3) is 0.200. The Labute approximate surface area is 194 Å². The summed E-state index contributed by atoms with van der Waals surface area (Å²) in [5.41, 5.74) is 8.15. The maximum atomic E-state index is 2.31. The molecule has 0 atom stereocenters. The fourth-order valence-electron chi connectivity index (χ4n) is 4.71. The number of rotatable bonds is 4. The van der Waals surface area contributed by atoms with Gasteiger partial charge >= 0.3 is 0 Å². The van der Waals surface area contributed by atoms with Crippen LogP contribution in [-0.4, -0.2) is 38.8 Å². The van der Waals surface area contributed by atoms with Gasteiger partial charge in [-0.25, -0.2) is 0 Å². The van der Waals surface area contributed by atoms with Gasteiger partial charge in [-0.05, 0) is 13.8 Å². The lowest BCUT2D eigenvalue weighted by atomic mass is 9.12. The van der Waals surface area contributed by atoms with E-state index in [-0.39, 0.29) is 0 Å². The molecule has 0 heterocycles. The highest BCUT2D eigenvalue weighted by molar-refractivity contribution is 7.20. The smallest absolute Gasteiger partial charge is 0.108 e. The third-order valence-corrected chi connectivity index (χ3v) is 5.91. The minimum atomic E-state index is -1.27. The van der Waals surface area contributed by atoms with E-state index in [0.717, 1.165) is 4.48 Å². The second kappa shape index (κ2) is 10.0. The Morgan fingerprint density at radius 2 is 0.719 bits per heavy atom. The summed E-state index contributed by atoms with van der Waals surface area (Å²) in [4.78, 5) is 0. The number of hydrogen-bond acceptors (Lipinski definition) is 0. The second-order valence-electron chi connectivity index (χ2n) is 10.1. The number of benzene rings is 4. The molecule has 0 bridgehead atoms. The maximum absolute atomic E-state index is 2.31. The molecular formula is C30H36BN. The van der Waals surface area contributed by atoms with Gasteiger partial charge in [0.25, 0.3) is 0 Å². The van der Waals surface area contributed by atoms with Crippen LogP contribution in [-0.2, 0) is 0 Å². The summed E-state index contributed by atoms with van der Waals surface area (Å²) in [6, 6.07) is 39.7. The number of hydrogen-bond donors (Lipinski definition) is 0. The zero-order valence-corrected chi connectivity index (χ0v) is 20.4. The first-order chi connectivity index (χ1) is 15.2. The molecule has 0 unspecified atom stereocenters. The van der Waals surface area contributed by atoms with Crippen LogP contribution in [0.2, 0.25) is 0 Å². The van der Waals surface area contributed by atoms with Crippen molar-refractivity contribution >= 4 is 28.0 Å². The van der Waals surface area contributed by atoms with Gasteiger partial charge in [-0.2, -0.15) is 21.9 Å². The second-order valence-corrected chi connectivity index (χ2v) is 10.1. The van der Waals surface area contributed by atoms with E-state index in [1.54, 1.807) is 0 Å². The molecule has 0 aliphatic heterocycles. The first kappa shape index (κ1) is 23.6. The van der Waals surface area contributed by atoms with Crippen molar-refractivity contribution in [3.8, 4) is 0 Å². The molecular weight excluding hydrogens is 385 g/mol. The molecule has 164 valence electrons. The van der Waals surface area contributed by atoms with E-state index < -0.39 is 6.15 Å². The summed E-state index contributed by atoms with van der Waals surface area (Å²) in [7, 11) is 8.50. The molecule has 0 saturated carbocycles. The molecule has 0 amide bonds. The monoisotopic (exact) mass is 421 g/mol. The quantitative estimate of drug-likeness (QED) is 0.345. The van der Waals surface area contributed by atoms with Crippen molar-refractivity contribution in [1.82, 2.24) is 0 Å². The lowest BCUT2D eigenvalue weighted by Gasteiger charge is -2.46. The maximum Gasteiger partial charge on any atom is 0.108 e. The van der Waals surface area contributed by atoms with Gasteiger partial charge in [-0.3, -0.25) is 0 Å². The summed E-state index contributed by atoms with van der Waals surface area (Å²) in [6.45, 7) is 4.46. The van der Waals surface area contributed by atoms with Crippen molar-refractivity contribution in [2.75, 3.05) is 28.2 Å². The molecule has 4 rings (SSSR count). The Morgan fingerprint density at radius 1 is 0.438 bits per heavy atom. The van der Waals surface area contributed by atoms with Crippen molar-refractivity contribution in [2.24, 2.45) is 0 Å². The van der Waals surface area contributed by atoms with E-state index in [2.05, 4.69) is 151 Å². The van der Waals surface area contributed by atoms with Crippen molar-refractivity contribution in [3.63, 3.8) is 0 Å². The molecule has 0 N–H and O–H groups in total. The van der Waals surface area contributed by atoms with Gasteiger partial charge in [0, 0.05) is 0 Å². The highest BCUT2D eigenvalue weighted by Gasteiger charge is 2.33. The van der Waals surface area contributed by atoms with E-state index in [1.165, 1.54) is 33.0 Å². The lowest BCUT2D eigenvalue weighted by Crippen LogP contribution is -2.75. The van der Waals surface area contributed by atoms with Crippen LogP contribution in [0.1, 0.15) is 11.1 Å². The van der Waals surface area contributed by atoms with Gasteiger partial charge in [0.2, 0.25) is 0 Å². The highest BCUT2D eigenvalue weighted by atomic mass is 15.2. The summed E-state index contributed by atoms with van der Waals surface area (Å²) in [5, 5.41) is 0. The van der Waals surface area contributed by atoms with E-state index in [1.807, 2.05) is 0 Å². The van der Waals surface area contributed by atoms with Crippen LogP contribution in [0.3, 0.4) is 0 Å². The highest BCUT2D eigenvalue weighted by Crippen LogP contribution is 2.13. The standard InChI is InChI=1S/C26H24B.C4H12N/c1-21-13-9-11-19-25(21)27(23-15-5-3-6-16-23,24-17-7-4-8-18-24)26-20-12-10-14-22(26)2;1-5(2,3)4/h3-20H,1-2H3;1-4H3/q-1;+1. The van der Waals surface area contributed by atoms with Gasteiger partial charge in [0.15, 0.2) is 0 Å². The van der Waals surface area contributed by atoms with Crippen molar-refractivity contribution in [3.05, 3.63) is 120 Å². The molecule has 0 aliphatic carbocycles. The lowest BCUT2D eigenvalue weighted by molar-refractivity contribution is -0.849. The van der Waals surface area contributed by atoms with E-state index in [4.69, 9.17) is 0 Å². The summed E-state index contributed by atoms with van der Waals surface area (Å²) >= 11 is 0. The molecule has 32 heavy (non-hydrogen) atoms. The normalized spacial score (nSPS) is 11.4. The molecule has 0 aliphatic rings. The molecule has 0 spiro atoms. The molecule has 0 radical (unpaired) electrons. The third-order valence-electron chi connectivity index (χ3n) is 5.91. The van der Waals surface area contributed by atoms with E-state index in [0.29, 0.717) is 0 Å².